The van der Waals surface area contributed by atoms with E-state index in [0.29, 0.717) is 0 Å². The minimum atomic E-state index is -2.52. The molecule has 0 fully saturated rings. The summed E-state index contributed by atoms with van der Waals surface area (Å²) >= 11 is 0. The summed E-state index contributed by atoms with van der Waals surface area (Å²) in [6, 6.07) is 0. The molecule has 0 spiro atoms. The summed E-state index contributed by atoms with van der Waals surface area (Å²) in [6.45, 7) is -0.367. The third kappa shape index (κ3) is 5.07. The van der Waals surface area contributed by atoms with Gasteiger partial charge in [0, 0.05) is 37.7 Å². The van der Waals surface area contributed by atoms with Gasteiger partial charge in [-0.2, -0.15) is 0 Å². The number of pyridine rings is 1. The summed E-state index contributed by atoms with van der Waals surface area (Å²) < 4.78 is 35.0. The number of aromatic amines is 1. The van der Waals surface area contributed by atoms with Gasteiger partial charge in [-0.25, -0.2) is 8.78 Å². The third-order valence-corrected chi connectivity index (χ3v) is 3.01. The van der Waals surface area contributed by atoms with Crippen LogP contribution >= 0.6 is 0 Å². The van der Waals surface area contributed by atoms with Crippen LogP contribution in [0.25, 0.3) is 0 Å². The number of alkyl halides is 2. The van der Waals surface area contributed by atoms with E-state index < -0.39 is 18.4 Å². The smallest absolute Gasteiger partial charge is 0.251 e. The number of hydrogen-bond acceptors (Lipinski definition) is 5. The van der Waals surface area contributed by atoms with Crippen LogP contribution in [0.15, 0.2) is 11.0 Å². The highest BCUT2D eigenvalue weighted by Gasteiger charge is 2.18. The molecule has 0 radical (unpaired) electrons. The second-order valence-corrected chi connectivity index (χ2v) is 4.42. The number of rotatable bonds is 9. The summed E-state index contributed by atoms with van der Waals surface area (Å²) in [7, 11) is 2.81. The van der Waals surface area contributed by atoms with Gasteiger partial charge < -0.3 is 19.6 Å². The first kappa shape index (κ1) is 17.5. The van der Waals surface area contributed by atoms with Crippen molar-refractivity contribution in [2.75, 3.05) is 33.9 Å². The number of aliphatic hydroxyl groups is 1. The van der Waals surface area contributed by atoms with E-state index in [1.54, 1.807) is 0 Å². The lowest BCUT2D eigenvalue weighted by Gasteiger charge is -2.22. The van der Waals surface area contributed by atoms with Crippen LogP contribution in [0.2, 0.25) is 0 Å². The predicted octanol–water partition coefficient (Wildman–Crippen LogP) is 0.589. The van der Waals surface area contributed by atoms with Crippen molar-refractivity contribution < 1.29 is 23.4 Å². The SMILES string of the molecule is COCCN(Cc1c(CO)[nH]cc(OC)c1=O)CC(F)F. The zero-order valence-electron chi connectivity index (χ0n) is 12.1. The van der Waals surface area contributed by atoms with Crippen molar-refractivity contribution in [3.05, 3.63) is 27.7 Å². The monoisotopic (exact) mass is 306 g/mol. The van der Waals surface area contributed by atoms with Gasteiger partial charge in [-0.05, 0) is 0 Å². The molecule has 0 saturated heterocycles. The van der Waals surface area contributed by atoms with Crippen LogP contribution in [0.5, 0.6) is 5.75 Å². The summed E-state index contributed by atoms with van der Waals surface area (Å²) in [6.07, 6.45) is -1.19. The molecular formula is C13H20F2N2O4. The molecule has 1 heterocycles. The van der Waals surface area contributed by atoms with Crippen LogP contribution in [0.4, 0.5) is 8.78 Å². The van der Waals surface area contributed by atoms with Gasteiger partial charge in [0.15, 0.2) is 5.75 Å². The topological polar surface area (TPSA) is 74.8 Å². The standard InChI is InChI=1S/C13H20F2N2O4/c1-20-4-3-17(7-12(14)15)6-9-10(8-18)16-5-11(21-2)13(9)19/h5,12,18H,3-4,6-8H2,1-2H3,(H,16,19). The number of halogens is 2. The maximum Gasteiger partial charge on any atom is 0.251 e. The molecule has 1 aromatic rings. The minimum Gasteiger partial charge on any atom is -0.491 e. The fraction of sp³-hybridized carbons (Fsp3) is 0.615. The predicted molar refractivity (Wildman–Crippen MR) is 72.7 cm³/mol. The van der Waals surface area contributed by atoms with Crippen LogP contribution in [0.1, 0.15) is 11.3 Å². The normalized spacial score (nSPS) is 11.4. The van der Waals surface area contributed by atoms with Gasteiger partial charge in [0.25, 0.3) is 6.43 Å². The molecule has 1 aromatic heterocycles. The second kappa shape index (κ2) is 8.71. The molecule has 0 amide bonds. The van der Waals surface area contributed by atoms with Gasteiger partial charge in [0.1, 0.15) is 0 Å². The van der Waals surface area contributed by atoms with E-state index in [2.05, 4.69) is 4.98 Å². The lowest BCUT2D eigenvalue weighted by Crippen LogP contribution is -2.34. The molecule has 120 valence electrons. The molecule has 6 nitrogen and oxygen atoms in total. The van der Waals surface area contributed by atoms with E-state index in [-0.39, 0.29) is 43.3 Å². The van der Waals surface area contributed by atoms with E-state index in [1.807, 2.05) is 0 Å². The number of H-pyrrole nitrogens is 1. The van der Waals surface area contributed by atoms with E-state index >= 15 is 0 Å². The van der Waals surface area contributed by atoms with Gasteiger partial charge in [0.05, 0.1) is 26.9 Å². The fourth-order valence-electron chi connectivity index (χ4n) is 1.93. The molecule has 0 bridgehead atoms. The summed E-state index contributed by atoms with van der Waals surface area (Å²) in [4.78, 5) is 16.3. The minimum absolute atomic E-state index is 0.0177. The van der Waals surface area contributed by atoms with Gasteiger partial charge >= 0.3 is 0 Å². The maximum atomic E-state index is 12.6. The summed E-state index contributed by atoms with van der Waals surface area (Å²) in [5.74, 6) is 0.0749. The first-order valence-corrected chi connectivity index (χ1v) is 6.41. The third-order valence-electron chi connectivity index (χ3n) is 3.01. The summed E-state index contributed by atoms with van der Waals surface area (Å²) in [5, 5.41) is 9.28. The van der Waals surface area contributed by atoms with Crippen LogP contribution in [0, 0.1) is 0 Å². The molecule has 8 heteroatoms. The largest absolute Gasteiger partial charge is 0.491 e. The highest BCUT2D eigenvalue weighted by molar-refractivity contribution is 5.29. The Bertz CT molecular complexity index is 494. The van der Waals surface area contributed by atoms with E-state index in [0.717, 1.165) is 0 Å². The van der Waals surface area contributed by atoms with Crippen molar-refractivity contribution in [3.8, 4) is 5.75 Å². The lowest BCUT2D eigenvalue weighted by atomic mass is 10.1. The molecule has 0 aromatic carbocycles. The number of hydrogen-bond donors (Lipinski definition) is 2. The molecule has 2 N–H and O–H groups in total. The van der Waals surface area contributed by atoms with Gasteiger partial charge in [-0.15, -0.1) is 0 Å². The van der Waals surface area contributed by atoms with E-state index in [1.165, 1.54) is 25.3 Å². The van der Waals surface area contributed by atoms with Crippen LogP contribution in [-0.4, -0.2) is 55.3 Å². The Balaban J connectivity index is 3.02. The lowest BCUT2D eigenvalue weighted by molar-refractivity contribution is 0.0665. The average Bonchev–Trinajstić information content (AvgIpc) is 2.46. The maximum absolute atomic E-state index is 12.6. The quantitative estimate of drug-likeness (QED) is 0.698. The fourth-order valence-corrected chi connectivity index (χ4v) is 1.93. The summed E-state index contributed by atoms with van der Waals surface area (Å²) in [5.41, 5.74) is 0.0862. The highest BCUT2D eigenvalue weighted by Crippen LogP contribution is 2.11. The Morgan fingerprint density at radius 2 is 2.14 bits per heavy atom. The molecule has 0 aliphatic heterocycles. The van der Waals surface area contributed by atoms with Crippen molar-refractivity contribution in [1.82, 2.24) is 9.88 Å². The molecule has 0 atom stereocenters. The van der Waals surface area contributed by atoms with Crippen molar-refractivity contribution in [2.24, 2.45) is 0 Å². The van der Waals surface area contributed by atoms with Crippen molar-refractivity contribution in [3.63, 3.8) is 0 Å². The van der Waals surface area contributed by atoms with Gasteiger partial charge in [-0.3, -0.25) is 9.69 Å². The average molecular weight is 306 g/mol. The molecule has 1 rings (SSSR count). The molecular weight excluding hydrogens is 286 g/mol. The van der Waals surface area contributed by atoms with Crippen LogP contribution in [0.3, 0.4) is 0 Å². The number of nitrogens with zero attached hydrogens (tertiary/aromatic N) is 1. The Kier molecular flexibility index (Phi) is 7.27. The van der Waals surface area contributed by atoms with Gasteiger partial charge in [-0.1, -0.05) is 0 Å². The van der Waals surface area contributed by atoms with E-state index in [4.69, 9.17) is 9.47 Å². The molecule has 0 aliphatic rings. The number of methoxy groups -OCH3 is 2. The van der Waals surface area contributed by atoms with Crippen LogP contribution < -0.4 is 10.2 Å². The number of nitrogens with one attached hydrogen (secondary N) is 1. The Labute approximate surface area is 121 Å². The van der Waals surface area contributed by atoms with E-state index in [9.17, 15) is 18.7 Å². The molecule has 0 saturated carbocycles. The molecule has 0 unspecified atom stereocenters. The number of ether oxygens (including phenoxy) is 2. The molecule has 0 aliphatic carbocycles. The first-order valence-electron chi connectivity index (χ1n) is 6.41. The zero-order chi connectivity index (χ0) is 15.8. The number of aromatic nitrogens is 1. The Hall–Kier alpha value is -1.51. The Morgan fingerprint density at radius 1 is 1.43 bits per heavy atom. The molecule has 21 heavy (non-hydrogen) atoms. The van der Waals surface area contributed by atoms with Gasteiger partial charge in [0.2, 0.25) is 5.43 Å². The van der Waals surface area contributed by atoms with Crippen molar-refractivity contribution in [1.29, 1.82) is 0 Å². The first-order chi connectivity index (χ1) is 10.0. The van der Waals surface area contributed by atoms with Crippen LogP contribution in [-0.2, 0) is 17.9 Å². The zero-order valence-corrected chi connectivity index (χ0v) is 12.1. The van der Waals surface area contributed by atoms with Crippen molar-refractivity contribution in [2.45, 2.75) is 19.6 Å². The van der Waals surface area contributed by atoms with Crippen molar-refractivity contribution >= 4 is 0 Å². The second-order valence-electron chi connectivity index (χ2n) is 4.42. The number of aliphatic hydroxyl groups excluding tert-OH is 1. The highest BCUT2D eigenvalue weighted by atomic mass is 19.3. The Morgan fingerprint density at radius 3 is 2.67 bits per heavy atom.